The summed E-state index contributed by atoms with van der Waals surface area (Å²) in [6, 6.07) is 6.70. The van der Waals surface area contributed by atoms with Crippen LogP contribution in [0.5, 0.6) is 0 Å². The van der Waals surface area contributed by atoms with E-state index in [1.807, 2.05) is 0 Å². The van der Waals surface area contributed by atoms with E-state index in [9.17, 15) is 17.6 Å². The molecular formula is C15H17FN2O4S2. The Morgan fingerprint density at radius 2 is 2.08 bits per heavy atom. The molecule has 0 radical (unpaired) electrons. The highest BCUT2D eigenvalue weighted by atomic mass is 32.2. The van der Waals surface area contributed by atoms with Gasteiger partial charge in [-0.2, -0.15) is 0 Å². The summed E-state index contributed by atoms with van der Waals surface area (Å²) in [5, 5.41) is 10.2. The first kappa shape index (κ1) is 18.5. The SMILES string of the molecule is CN(C)C(CNS(=O)(=O)c1csc(C(=O)O)c1)c1cccc(F)c1. The van der Waals surface area contributed by atoms with Crippen LogP contribution in [0.3, 0.4) is 0 Å². The molecule has 6 nitrogen and oxygen atoms in total. The fraction of sp³-hybridized carbons (Fsp3) is 0.267. The third-order valence-electron chi connectivity index (χ3n) is 3.42. The number of sulfonamides is 1. The lowest BCUT2D eigenvalue weighted by atomic mass is 10.1. The molecule has 0 aliphatic heterocycles. The molecule has 24 heavy (non-hydrogen) atoms. The van der Waals surface area contributed by atoms with Gasteiger partial charge in [-0.3, -0.25) is 0 Å². The number of aromatic carboxylic acids is 1. The molecule has 2 rings (SSSR count). The molecule has 0 aliphatic carbocycles. The van der Waals surface area contributed by atoms with Crippen LogP contribution >= 0.6 is 11.3 Å². The van der Waals surface area contributed by atoms with E-state index in [4.69, 9.17) is 5.11 Å². The third-order valence-corrected chi connectivity index (χ3v) is 5.89. The molecule has 0 amide bonds. The van der Waals surface area contributed by atoms with Crippen molar-refractivity contribution in [3.8, 4) is 0 Å². The van der Waals surface area contributed by atoms with Crippen LogP contribution in [0.2, 0.25) is 0 Å². The third kappa shape index (κ3) is 4.38. The summed E-state index contributed by atoms with van der Waals surface area (Å²) in [7, 11) is -0.321. The van der Waals surface area contributed by atoms with E-state index in [1.165, 1.54) is 17.5 Å². The van der Waals surface area contributed by atoms with Crippen molar-refractivity contribution in [1.82, 2.24) is 9.62 Å². The van der Waals surface area contributed by atoms with Gasteiger partial charge in [0.1, 0.15) is 10.7 Å². The zero-order valence-electron chi connectivity index (χ0n) is 13.1. The van der Waals surface area contributed by atoms with E-state index < -0.39 is 21.8 Å². The van der Waals surface area contributed by atoms with E-state index in [-0.39, 0.29) is 22.4 Å². The predicted octanol–water partition coefficient (Wildman–Crippen LogP) is 2.17. The molecule has 1 aromatic carbocycles. The van der Waals surface area contributed by atoms with E-state index in [0.717, 1.165) is 17.4 Å². The van der Waals surface area contributed by atoms with E-state index in [0.29, 0.717) is 5.56 Å². The minimum Gasteiger partial charge on any atom is -0.477 e. The number of nitrogens with one attached hydrogen (secondary N) is 1. The van der Waals surface area contributed by atoms with Crippen molar-refractivity contribution in [1.29, 1.82) is 0 Å². The Labute approximate surface area is 143 Å². The summed E-state index contributed by atoms with van der Waals surface area (Å²) < 4.78 is 40.5. The Morgan fingerprint density at radius 1 is 1.38 bits per heavy atom. The summed E-state index contributed by atoms with van der Waals surface area (Å²) >= 11 is 0.845. The number of carboxylic acid groups (broad SMARTS) is 1. The van der Waals surface area contributed by atoms with Gasteiger partial charge in [-0.05, 0) is 37.9 Å². The van der Waals surface area contributed by atoms with Crippen LogP contribution in [0.25, 0.3) is 0 Å². The largest absolute Gasteiger partial charge is 0.477 e. The number of benzene rings is 1. The second kappa shape index (κ2) is 7.39. The number of carboxylic acids is 1. The van der Waals surface area contributed by atoms with Crippen molar-refractivity contribution in [2.45, 2.75) is 10.9 Å². The number of nitrogens with zero attached hydrogens (tertiary/aromatic N) is 1. The molecular weight excluding hydrogens is 355 g/mol. The summed E-state index contributed by atoms with van der Waals surface area (Å²) in [6.07, 6.45) is 0. The van der Waals surface area contributed by atoms with Crippen LogP contribution in [0.15, 0.2) is 40.6 Å². The van der Waals surface area contributed by atoms with Gasteiger partial charge in [0.05, 0.1) is 4.90 Å². The van der Waals surface area contributed by atoms with Gasteiger partial charge >= 0.3 is 5.97 Å². The number of hydrogen-bond acceptors (Lipinski definition) is 5. The Balaban J connectivity index is 2.17. The number of rotatable bonds is 7. The van der Waals surface area contributed by atoms with Crippen molar-refractivity contribution in [3.63, 3.8) is 0 Å². The number of thiophene rings is 1. The van der Waals surface area contributed by atoms with Gasteiger partial charge < -0.3 is 10.0 Å². The number of halogens is 1. The lowest BCUT2D eigenvalue weighted by Gasteiger charge is -2.25. The first-order valence-corrected chi connectivity index (χ1v) is 9.30. The predicted molar refractivity (Wildman–Crippen MR) is 89.3 cm³/mol. The number of likely N-dealkylation sites (N-methyl/N-ethyl adjacent to an activating group) is 1. The fourth-order valence-corrected chi connectivity index (χ4v) is 4.31. The van der Waals surface area contributed by atoms with Crippen molar-refractivity contribution >= 4 is 27.3 Å². The fourth-order valence-electron chi connectivity index (χ4n) is 2.16. The smallest absolute Gasteiger partial charge is 0.345 e. The van der Waals surface area contributed by atoms with Crippen LogP contribution in [0.1, 0.15) is 21.3 Å². The van der Waals surface area contributed by atoms with Gasteiger partial charge in [0.25, 0.3) is 0 Å². The molecule has 0 aliphatic rings. The molecule has 2 N–H and O–H groups in total. The minimum absolute atomic E-state index is 0.0248. The maximum absolute atomic E-state index is 13.4. The quantitative estimate of drug-likeness (QED) is 0.778. The van der Waals surface area contributed by atoms with Crippen LogP contribution in [0, 0.1) is 5.82 Å². The molecule has 1 aromatic heterocycles. The second-order valence-electron chi connectivity index (χ2n) is 5.34. The highest BCUT2D eigenvalue weighted by Crippen LogP contribution is 2.22. The molecule has 0 saturated carbocycles. The van der Waals surface area contributed by atoms with Crippen LogP contribution in [-0.2, 0) is 10.0 Å². The Hall–Kier alpha value is -1.81. The molecule has 1 heterocycles. The minimum atomic E-state index is -3.84. The second-order valence-corrected chi connectivity index (χ2v) is 8.02. The van der Waals surface area contributed by atoms with Gasteiger partial charge in [0, 0.05) is 18.0 Å². The first-order chi connectivity index (χ1) is 11.2. The Kier molecular flexibility index (Phi) is 5.70. The number of hydrogen-bond donors (Lipinski definition) is 2. The maximum Gasteiger partial charge on any atom is 0.345 e. The van der Waals surface area contributed by atoms with Crippen molar-refractivity contribution < 1.29 is 22.7 Å². The molecule has 0 spiro atoms. The molecule has 1 atom stereocenters. The topological polar surface area (TPSA) is 86.7 Å². The van der Waals surface area contributed by atoms with Gasteiger partial charge in [-0.1, -0.05) is 12.1 Å². The van der Waals surface area contributed by atoms with Crippen LogP contribution in [-0.4, -0.2) is 45.0 Å². The van der Waals surface area contributed by atoms with Crippen LogP contribution < -0.4 is 4.72 Å². The standard InChI is InChI=1S/C15H17FN2O4S2/c1-18(2)13(10-4-3-5-11(16)6-10)8-17-24(21,22)12-7-14(15(19)20)23-9-12/h3-7,9,13,17H,8H2,1-2H3,(H,19,20). The van der Waals surface area contributed by atoms with Crippen LogP contribution in [0.4, 0.5) is 4.39 Å². The monoisotopic (exact) mass is 372 g/mol. The van der Waals surface area contributed by atoms with Crippen molar-refractivity contribution in [3.05, 3.63) is 52.0 Å². The van der Waals surface area contributed by atoms with E-state index in [2.05, 4.69) is 4.72 Å². The van der Waals surface area contributed by atoms with Gasteiger partial charge in [-0.15, -0.1) is 11.3 Å². The molecule has 1 unspecified atom stereocenters. The average molecular weight is 372 g/mol. The molecule has 9 heteroatoms. The Morgan fingerprint density at radius 3 is 2.62 bits per heavy atom. The lowest BCUT2D eigenvalue weighted by Crippen LogP contribution is -2.34. The zero-order valence-corrected chi connectivity index (χ0v) is 14.7. The van der Waals surface area contributed by atoms with Crippen molar-refractivity contribution in [2.75, 3.05) is 20.6 Å². The van der Waals surface area contributed by atoms with E-state index >= 15 is 0 Å². The normalized spacial score (nSPS) is 13.2. The summed E-state index contributed by atoms with van der Waals surface area (Å²) in [5.41, 5.74) is 0.638. The Bertz CT molecular complexity index is 834. The zero-order chi connectivity index (χ0) is 17.9. The molecule has 2 aromatic rings. The molecule has 0 saturated heterocycles. The molecule has 0 bridgehead atoms. The van der Waals surface area contributed by atoms with E-state index in [1.54, 1.807) is 31.1 Å². The van der Waals surface area contributed by atoms with Gasteiger partial charge in [-0.25, -0.2) is 22.3 Å². The van der Waals surface area contributed by atoms with Crippen molar-refractivity contribution in [2.24, 2.45) is 0 Å². The first-order valence-electron chi connectivity index (χ1n) is 6.94. The number of carbonyl (C=O) groups is 1. The summed E-state index contributed by atoms with van der Waals surface area (Å²) in [5.74, 6) is -1.57. The lowest BCUT2D eigenvalue weighted by molar-refractivity contribution is 0.0702. The molecule has 130 valence electrons. The summed E-state index contributed by atoms with van der Waals surface area (Å²) in [6.45, 7) is 0.0248. The van der Waals surface area contributed by atoms with Gasteiger partial charge in [0.15, 0.2) is 0 Å². The summed E-state index contributed by atoms with van der Waals surface area (Å²) in [4.78, 5) is 12.5. The average Bonchev–Trinajstić information content (AvgIpc) is 2.98. The van der Waals surface area contributed by atoms with Gasteiger partial charge in [0.2, 0.25) is 10.0 Å². The highest BCUT2D eigenvalue weighted by Gasteiger charge is 2.22. The molecule has 0 fully saturated rings. The highest BCUT2D eigenvalue weighted by molar-refractivity contribution is 7.89. The maximum atomic E-state index is 13.4.